The molecule has 0 spiro atoms. The van der Waals surface area contributed by atoms with Gasteiger partial charge in [-0.25, -0.2) is 9.59 Å². The molecule has 0 saturated carbocycles. The smallest absolute Gasteiger partial charge is 0.339 e. The maximum absolute atomic E-state index is 11.3. The molecule has 2 aliphatic heterocycles. The highest BCUT2D eigenvalue weighted by molar-refractivity contribution is 6.02. The highest BCUT2D eigenvalue weighted by atomic mass is 17.3. The molecule has 2 unspecified atom stereocenters. The Morgan fingerprint density at radius 2 is 1.40 bits per heavy atom. The van der Waals surface area contributed by atoms with Gasteiger partial charge < -0.3 is 14.2 Å². The minimum absolute atomic E-state index is 0.0133. The van der Waals surface area contributed by atoms with Gasteiger partial charge in [-0.2, -0.15) is 9.78 Å². The molecule has 2 aliphatic rings. The molecule has 2 bridgehead atoms. The van der Waals surface area contributed by atoms with E-state index in [1.54, 1.807) is 0 Å². The van der Waals surface area contributed by atoms with Crippen molar-refractivity contribution in [2.75, 3.05) is 14.2 Å². The lowest BCUT2D eigenvalue weighted by Crippen LogP contribution is -2.25. The average Bonchev–Trinajstić information content (AvgIpc) is 2.86. The first-order valence-electron chi connectivity index (χ1n) is 4.07. The molecule has 1 fully saturated rings. The van der Waals surface area contributed by atoms with E-state index in [9.17, 15) is 9.59 Å². The van der Waals surface area contributed by atoms with E-state index in [1.807, 2.05) is 0 Å². The summed E-state index contributed by atoms with van der Waals surface area (Å²) in [6.45, 7) is 0. The molecule has 7 nitrogen and oxygen atoms in total. The summed E-state index contributed by atoms with van der Waals surface area (Å²) < 4.78 is 14.0. The number of rotatable bonds is 2. The second-order valence-electron chi connectivity index (χ2n) is 2.80. The fourth-order valence-corrected chi connectivity index (χ4v) is 1.38. The van der Waals surface area contributed by atoms with E-state index in [1.165, 1.54) is 14.2 Å². The summed E-state index contributed by atoms with van der Waals surface area (Å²) in [5.74, 6) is -1.41. The molecule has 0 aliphatic carbocycles. The Bertz CT molecular complexity index is 313. The van der Waals surface area contributed by atoms with Crippen LogP contribution in [0.4, 0.5) is 0 Å². The Morgan fingerprint density at radius 1 is 1.00 bits per heavy atom. The van der Waals surface area contributed by atoms with Gasteiger partial charge in [-0.1, -0.05) is 0 Å². The molecule has 0 radical (unpaired) electrons. The van der Waals surface area contributed by atoms with Crippen LogP contribution in [0.1, 0.15) is 0 Å². The molecule has 15 heavy (non-hydrogen) atoms. The van der Waals surface area contributed by atoms with Crippen LogP contribution in [-0.4, -0.2) is 38.7 Å². The van der Waals surface area contributed by atoms with Gasteiger partial charge >= 0.3 is 11.9 Å². The van der Waals surface area contributed by atoms with Crippen LogP contribution in [0.3, 0.4) is 0 Å². The number of ether oxygens (including phenoxy) is 3. The molecule has 0 aromatic carbocycles. The molecule has 0 aromatic heterocycles. The quantitative estimate of drug-likeness (QED) is 0.444. The second kappa shape index (κ2) is 3.61. The van der Waals surface area contributed by atoms with Crippen LogP contribution in [0, 0.1) is 0 Å². The lowest BCUT2D eigenvalue weighted by Gasteiger charge is -2.12. The number of carbonyl (C=O) groups excluding carboxylic acids is 2. The SMILES string of the molecule is COC(=O)C1=C(C(=O)OC)C2OOC1O2. The lowest BCUT2D eigenvalue weighted by molar-refractivity contribution is -0.291. The van der Waals surface area contributed by atoms with E-state index in [2.05, 4.69) is 19.2 Å². The van der Waals surface area contributed by atoms with E-state index in [0.717, 1.165) is 0 Å². The third-order valence-electron chi connectivity index (χ3n) is 2.05. The number of carbonyl (C=O) groups is 2. The normalized spacial score (nSPS) is 28.1. The van der Waals surface area contributed by atoms with Gasteiger partial charge in [0.1, 0.15) is 11.1 Å². The van der Waals surface area contributed by atoms with Crippen molar-refractivity contribution in [1.82, 2.24) is 0 Å². The first-order valence-corrected chi connectivity index (χ1v) is 4.07. The van der Waals surface area contributed by atoms with Crippen molar-refractivity contribution < 1.29 is 33.6 Å². The zero-order chi connectivity index (χ0) is 11.0. The van der Waals surface area contributed by atoms with Crippen LogP contribution in [0.25, 0.3) is 0 Å². The monoisotopic (exact) mass is 216 g/mol. The molecule has 7 heteroatoms. The van der Waals surface area contributed by atoms with E-state index in [4.69, 9.17) is 4.74 Å². The largest absolute Gasteiger partial charge is 0.465 e. The summed E-state index contributed by atoms with van der Waals surface area (Å²) in [6.07, 6.45) is -2.03. The third-order valence-corrected chi connectivity index (χ3v) is 2.05. The van der Waals surface area contributed by atoms with Gasteiger partial charge in [0.05, 0.1) is 14.2 Å². The number of methoxy groups -OCH3 is 2. The Morgan fingerprint density at radius 3 is 1.73 bits per heavy atom. The molecular weight excluding hydrogens is 208 g/mol. The number of hydrogen-bond donors (Lipinski definition) is 0. The predicted molar refractivity (Wildman–Crippen MR) is 41.9 cm³/mol. The molecule has 2 rings (SSSR count). The molecule has 82 valence electrons. The van der Waals surface area contributed by atoms with E-state index >= 15 is 0 Å². The van der Waals surface area contributed by atoms with Crippen LogP contribution in [-0.2, 0) is 33.6 Å². The highest BCUT2D eigenvalue weighted by Crippen LogP contribution is 2.36. The maximum Gasteiger partial charge on any atom is 0.339 e. The van der Waals surface area contributed by atoms with Crippen LogP contribution >= 0.6 is 0 Å². The van der Waals surface area contributed by atoms with Gasteiger partial charge in [-0.3, -0.25) is 0 Å². The number of hydrogen-bond acceptors (Lipinski definition) is 7. The van der Waals surface area contributed by atoms with E-state index in [0.29, 0.717) is 0 Å². The third kappa shape index (κ3) is 1.41. The summed E-state index contributed by atoms with van der Waals surface area (Å²) in [5, 5.41) is 0. The van der Waals surface area contributed by atoms with Crippen molar-refractivity contribution >= 4 is 11.9 Å². The topological polar surface area (TPSA) is 80.3 Å². The van der Waals surface area contributed by atoms with Crippen molar-refractivity contribution in [3.8, 4) is 0 Å². The summed E-state index contributed by atoms with van der Waals surface area (Å²) >= 11 is 0. The van der Waals surface area contributed by atoms with Gasteiger partial charge in [0.25, 0.3) is 0 Å². The Balaban J connectivity index is 2.39. The van der Waals surface area contributed by atoms with Gasteiger partial charge in [-0.15, -0.1) is 0 Å². The molecule has 2 atom stereocenters. The predicted octanol–water partition coefficient (Wildman–Crippen LogP) is -0.727. The van der Waals surface area contributed by atoms with Gasteiger partial charge in [0.2, 0.25) is 12.6 Å². The zero-order valence-electron chi connectivity index (χ0n) is 8.01. The molecular formula is C8H8O7. The van der Waals surface area contributed by atoms with Gasteiger partial charge in [0.15, 0.2) is 0 Å². The summed E-state index contributed by atoms with van der Waals surface area (Å²) in [6, 6.07) is 0. The Labute approximate surface area is 84.4 Å². The minimum atomic E-state index is -1.02. The standard InChI is InChI=1S/C8H8O7/c1-11-5(9)3-4(6(10)12-2)8-13-7(3)14-15-8/h7-8H,1-2H3. The maximum atomic E-state index is 11.3. The van der Waals surface area contributed by atoms with E-state index < -0.39 is 24.5 Å². The highest BCUT2D eigenvalue weighted by Gasteiger charge is 2.50. The fourth-order valence-electron chi connectivity index (χ4n) is 1.38. The fraction of sp³-hybridized carbons (Fsp3) is 0.500. The number of fused-ring (bicyclic) bond motifs is 2. The van der Waals surface area contributed by atoms with Crippen LogP contribution in [0.15, 0.2) is 11.1 Å². The van der Waals surface area contributed by atoms with Gasteiger partial charge in [-0.05, 0) is 0 Å². The average molecular weight is 216 g/mol. The van der Waals surface area contributed by atoms with Crippen molar-refractivity contribution in [2.45, 2.75) is 12.6 Å². The Hall–Kier alpha value is -1.44. The van der Waals surface area contributed by atoms with Crippen molar-refractivity contribution in [1.29, 1.82) is 0 Å². The molecule has 0 N–H and O–H groups in total. The van der Waals surface area contributed by atoms with Crippen LogP contribution in [0.5, 0.6) is 0 Å². The van der Waals surface area contributed by atoms with Crippen molar-refractivity contribution in [2.24, 2.45) is 0 Å². The molecule has 0 aromatic rings. The van der Waals surface area contributed by atoms with Crippen LogP contribution < -0.4 is 0 Å². The minimum Gasteiger partial charge on any atom is -0.465 e. The summed E-state index contributed by atoms with van der Waals surface area (Å²) in [7, 11) is 2.38. The second-order valence-corrected chi connectivity index (χ2v) is 2.80. The Kier molecular flexibility index (Phi) is 2.43. The van der Waals surface area contributed by atoms with Crippen LogP contribution in [0.2, 0.25) is 0 Å². The van der Waals surface area contributed by atoms with Gasteiger partial charge in [0, 0.05) is 0 Å². The molecule has 0 amide bonds. The summed E-state index contributed by atoms with van der Waals surface area (Å²) in [5.41, 5.74) is -0.0267. The van der Waals surface area contributed by atoms with Crippen molar-refractivity contribution in [3.05, 3.63) is 11.1 Å². The lowest BCUT2D eigenvalue weighted by atomic mass is 10.1. The first kappa shape index (κ1) is 10.1. The summed E-state index contributed by atoms with van der Waals surface area (Å²) in [4.78, 5) is 31.9. The molecule has 2 heterocycles. The zero-order valence-corrected chi connectivity index (χ0v) is 8.01. The molecule has 1 saturated heterocycles. The first-order chi connectivity index (χ1) is 7.19. The van der Waals surface area contributed by atoms with E-state index in [-0.39, 0.29) is 11.1 Å². The van der Waals surface area contributed by atoms with Crippen molar-refractivity contribution in [3.63, 3.8) is 0 Å². The number of esters is 2.